The Hall–Kier alpha value is -2.18. The van der Waals surface area contributed by atoms with Crippen molar-refractivity contribution in [1.29, 1.82) is 0 Å². The Morgan fingerprint density at radius 1 is 1.29 bits per heavy atom. The van der Waals surface area contributed by atoms with E-state index in [0.717, 1.165) is 16.7 Å². The highest BCUT2D eigenvalue weighted by atomic mass is 35.5. The van der Waals surface area contributed by atoms with Crippen molar-refractivity contribution in [1.82, 2.24) is 14.8 Å². The molecule has 0 saturated carbocycles. The van der Waals surface area contributed by atoms with Crippen LogP contribution >= 0.6 is 23.4 Å². The molecular weight excluding hydrogens is 346 g/mol. The highest BCUT2D eigenvalue weighted by Gasteiger charge is 2.15. The lowest BCUT2D eigenvalue weighted by molar-refractivity contribution is 0.344. The largest absolute Gasteiger partial charge is 0.493 e. The molecule has 3 aromatic rings. The zero-order valence-electron chi connectivity index (χ0n) is 12.9. The molecule has 0 N–H and O–H groups in total. The van der Waals surface area contributed by atoms with E-state index in [1.165, 1.54) is 0 Å². The SMILES string of the molecule is C=CCn1c(SCCOc2cccc(Cl)c2)nnc1-c1ccco1. The van der Waals surface area contributed by atoms with Crippen LogP contribution in [0.25, 0.3) is 11.6 Å². The van der Waals surface area contributed by atoms with Gasteiger partial charge >= 0.3 is 0 Å². The van der Waals surface area contributed by atoms with Crippen molar-refractivity contribution in [2.24, 2.45) is 0 Å². The molecule has 0 unspecified atom stereocenters. The van der Waals surface area contributed by atoms with Gasteiger partial charge in [0.2, 0.25) is 5.82 Å². The summed E-state index contributed by atoms with van der Waals surface area (Å²) in [5, 5.41) is 9.92. The third-order valence-electron chi connectivity index (χ3n) is 3.15. The minimum atomic E-state index is 0.544. The maximum absolute atomic E-state index is 5.94. The van der Waals surface area contributed by atoms with Crippen LogP contribution in [0.4, 0.5) is 0 Å². The fraction of sp³-hybridized carbons (Fsp3) is 0.176. The first kappa shape index (κ1) is 16.7. The molecule has 5 nitrogen and oxygen atoms in total. The first-order chi connectivity index (χ1) is 11.8. The molecule has 7 heteroatoms. The van der Waals surface area contributed by atoms with E-state index in [-0.39, 0.29) is 0 Å². The molecule has 0 amide bonds. The van der Waals surface area contributed by atoms with Crippen molar-refractivity contribution < 1.29 is 9.15 Å². The van der Waals surface area contributed by atoms with Crippen molar-refractivity contribution in [3.8, 4) is 17.3 Å². The molecule has 0 spiro atoms. The summed E-state index contributed by atoms with van der Waals surface area (Å²) in [5.74, 6) is 2.87. The smallest absolute Gasteiger partial charge is 0.200 e. The molecular formula is C17H16ClN3O2S. The van der Waals surface area contributed by atoms with Crippen LogP contribution in [0.1, 0.15) is 0 Å². The second kappa shape index (κ2) is 8.08. The zero-order valence-corrected chi connectivity index (χ0v) is 14.5. The van der Waals surface area contributed by atoms with Gasteiger partial charge in [-0.3, -0.25) is 4.57 Å². The number of halogens is 1. The van der Waals surface area contributed by atoms with Crippen LogP contribution in [0.5, 0.6) is 5.75 Å². The lowest BCUT2D eigenvalue weighted by Gasteiger charge is -2.07. The van der Waals surface area contributed by atoms with Crippen LogP contribution in [0.2, 0.25) is 5.02 Å². The summed E-state index contributed by atoms with van der Waals surface area (Å²) >= 11 is 7.51. The first-order valence-electron chi connectivity index (χ1n) is 7.37. The van der Waals surface area contributed by atoms with Crippen molar-refractivity contribution in [2.75, 3.05) is 12.4 Å². The number of rotatable bonds is 8. The van der Waals surface area contributed by atoms with Gasteiger partial charge in [0.15, 0.2) is 10.9 Å². The third kappa shape index (κ3) is 4.01. The van der Waals surface area contributed by atoms with E-state index >= 15 is 0 Å². The molecule has 2 aromatic heterocycles. The molecule has 0 radical (unpaired) electrons. The lowest BCUT2D eigenvalue weighted by atomic mass is 10.3. The average molecular weight is 362 g/mol. The molecule has 0 aliphatic rings. The Morgan fingerprint density at radius 3 is 2.96 bits per heavy atom. The highest BCUT2D eigenvalue weighted by Crippen LogP contribution is 2.24. The van der Waals surface area contributed by atoms with Gasteiger partial charge in [-0.2, -0.15) is 0 Å². The normalized spacial score (nSPS) is 10.7. The molecule has 24 heavy (non-hydrogen) atoms. The Balaban J connectivity index is 1.62. The molecule has 2 heterocycles. The van der Waals surface area contributed by atoms with Crippen LogP contribution in [0, 0.1) is 0 Å². The molecule has 3 rings (SSSR count). The molecule has 0 atom stereocenters. The fourth-order valence-corrected chi connectivity index (χ4v) is 3.07. The van der Waals surface area contributed by atoms with Gasteiger partial charge < -0.3 is 9.15 Å². The van der Waals surface area contributed by atoms with Gasteiger partial charge in [-0.05, 0) is 30.3 Å². The molecule has 0 aliphatic carbocycles. The monoisotopic (exact) mass is 361 g/mol. The van der Waals surface area contributed by atoms with Crippen molar-refractivity contribution in [3.05, 3.63) is 60.3 Å². The summed E-state index contributed by atoms with van der Waals surface area (Å²) in [5.41, 5.74) is 0. The second-order valence-electron chi connectivity index (χ2n) is 4.84. The van der Waals surface area contributed by atoms with E-state index in [9.17, 15) is 0 Å². The summed E-state index contributed by atoms with van der Waals surface area (Å²) in [4.78, 5) is 0. The van der Waals surface area contributed by atoms with Crippen LogP contribution < -0.4 is 4.74 Å². The summed E-state index contributed by atoms with van der Waals surface area (Å²) in [6, 6.07) is 11.0. The summed E-state index contributed by atoms with van der Waals surface area (Å²) in [6.07, 6.45) is 3.43. The molecule has 0 bridgehead atoms. The maximum atomic E-state index is 5.94. The van der Waals surface area contributed by atoms with E-state index in [2.05, 4.69) is 16.8 Å². The number of furan rings is 1. The number of allylic oxidation sites excluding steroid dienone is 1. The fourth-order valence-electron chi connectivity index (χ4n) is 2.13. The van der Waals surface area contributed by atoms with Gasteiger partial charge in [-0.15, -0.1) is 16.8 Å². The number of benzene rings is 1. The Morgan fingerprint density at radius 2 is 2.21 bits per heavy atom. The molecule has 0 aliphatic heterocycles. The van der Waals surface area contributed by atoms with E-state index in [1.54, 1.807) is 24.1 Å². The Labute approximate surface area is 149 Å². The molecule has 0 saturated heterocycles. The average Bonchev–Trinajstić information content (AvgIpc) is 3.22. The van der Waals surface area contributed by atoms with Gasteiger partial charge in [0.1, 0.15) is 5.75 Å². The zero-order chi connectivity index (χ0) is 16.8. The predicted molar refractivity (Wildman–Crippen MR) is 95.6 cm³/mol. The highest BCUT2D eigenvalue weighted by molar-refractivity contribution is 7.99. The van der Waals surface area contributed by atoms with E-state index in [1.807, 2.05) is 41.0 Å². The number of aromatic nitrogens is 3. The van der Waals surface area contributed by atoms with Crippen molar-refractivity contribution in [2.45, 2.75) is 11.7 Å². The Bertz CT molecular complexity index is 802. The summed E-state index contributed by atoms with van der Waals surface area (Å²) < 4.78 is 13.1. The van der Waals surface area contributed by atoms with Crippen LogP contribution in [-0.4, -0.2) is 27.1 Å². The minimum absolute atomic E-state index is 0.544. The lowest BCUT2D eigenvalue weighted by Crippen LogP contribution is -2.04. The van der Waals surface area contributed by atoms with E-state index < -0.39 is 0 Å². The number of hydrogen-bond donors (Lipinski definition) is 0. The van der Waals surface area contributed by atoms with E-state index in [4.69, 9.17) is 20.8 Å². The van der Waals surface area contributed by atoms with Gasteiger partial charge in [0.05, 0.1) is 12.9 Å². The molecule has 1 aromatic carbocycles. The van der Waals surface area contributed by atoms with Crippen LogP contribution in [-0.2, 0) is 6.54 Å². The second-order valence-corrected chi connectivity index (χ2v) is 6.34. The Kier molecular flexibility index (Phi) is 5.61. The molecule has 0 fully saturated rings. The van der Waals surface area contributed by atoms with Crippen LogP contribution in [0.3, 0.4) is 0 Å². The number of ether oxygens (including phenoxy) is 1. The van der Waals surface area contributed by atoms with Crippen molar-refractivity contribution >= 4 is 23.4 Å². The first-order valence-corrected chi connectivity index (χ1v) is 8.73. The molecule has 124 valence electrons. The topological polar surface area (TPSA) is 53.1 Å². The van der Waals surface area contributed by atoms with Gasteiger partial charge in [0, 0.05) is 17.3 Å². The number of hydrogen-bond acceptors (Lipinski definition) is 5. The van der Waals surface area contributed by atoms with Crippen LogP contribution in [0.15, 0.2) is 64.9 Å². The number of nitrogens with zero attached hydrogens (tertiary/aromatic N) is 3. The summed E-state index contributed by atoms with van der Waals surface area (Å²) in [7, 11) is 0. The van der Waals surface area contributed by atoms with Gasteiger partial charge in [-0.25, -0.2) is 0 Å². The van der Waals surface area contributed by atoms with Gasteiger partial charge in [-0.1, -0.05) is 35.5 Å². The standard InChI is InChI=1S/C17H16ClN3O2S/c1-2-8-21-16(15-7-4-9-23-15)19-20-17(21)24-11-10-22-14-6-3-5-13(18)12-14/h2-7,9,12H,1,8,10-11H2. The predicted octanol–water partition coefficient (Wildman–Crippen LogP) is 4.55. The van der Waals surface area contributed by atoms with Gasteiger partial charge in [0.25, 0.3) is 0 Å². The quantitative estimate of drug-likeness (QED) is 0.334. The number of thioether (sulfide) groups is 1. The van der Waals surface area contributed by atoms with E-state index in [0.29, 0.717) is 29.8 Å². The summed E-state index contributed by atoms with van der Waals surface area (Å²) in [6.45, 7) is 4.95. The maximum Gasteiger partial charge on any atom is 0.200 e. The third-order valence-corrected chi connectivity index (χ3v) is 4.32. The van der Waals surface area contributed by atoms with Crippen molar-refractivity contribution in [3.63, 3.8) is 0 Å². The minimum Gasteiger partial charge on any atom is -0.493 e.